The Morgan fingerprint density at radius 3 is 2.75 bits per heavy atom. The van der Waals surface area contributed by atoms with Crippen molar-refractivity contribution in [2.24, 2.45) is 0 Å². The van der Waals surface area contributed by atoms with E-state index < -0.39 is 5.60 Å². The van der Waals surface area contributed by atoms with E-state index in [2.05, 4.69) is 17.4 Å². The van der Waals surface area contributed by atoms with Crippen LogP contribution < -0.4 is 5.32 Å². The largest absolute Gasteiger partial charge is 0.384 e. The maximum absolute atomic E-state index is 9.80. The quantitative estimate of drug-likeness (QED) is 0.803. The molecule has 0 unspecified atom stereocenters. The number of nitrogens with one attached hydrogen (secondary N) is 1. The van der Waals surface area contributed by atoms with Crippen molar-refractivity contribution >= 4 is 0 Å². The van der Waals surface area contributed by atoms with Crippen LogP contribution in [0.15, 0.2) is 10.6 Å². The van der Waals surface area contributed by atoms with Gasteiger partial charge in [0.15, 0.2) is 0 Å². The van der Waals surface area contributed by atoms with Crippen molar-refractivity contribution in [1.82, 2.24) is 10.5 Å². The average Bonchev–Trinajstić information content (AvgIpc) is 2.67. The van der Waals surface area contributed by atoms with Crippen LogP contribution in [-0.4, -0.2) is 22.8 Å². The molecule has 1 aliphatic rings. The third kappa shape index (κ3) is 2.44. The summed E-state index contributed by atoms with van der Waals surface area (Å²) < 4.78 is 5.32. The third-order valence-electron chi connectivity index (χ3n) is 3.22. The number of hydrogen-bond donors (Lipinski definition) is 2. The van der Waals surface area contributed by atoms with E-state index >= 15 is 0 Å². The topological polar surface area (TPSA) is 58.3 Å². The minimum absolute atomic E-state index is 0.389. The first-order valence-corrected chi connectivity index (χ1v) is 5.89. The first-order chi connectivity index (χ1) is 7.47. The van der Waals surface area contributed by atoms with E-state index in [9.17, 15) is 5.11 Å². The van der Waals surface area contributed by atoms with Crippen molar-refractivity contribution in [2.75, 3.05) is 6.54 Å². The standard InChI is InChI=1S/C12H20N2O2/c1-8-4-5-9(7-13-8)10-6-11(14-16-10)12(2,3)15/h6,8-9,13,15H,4-5,7H2,1-3H3/t8-,9-/m1/s1. The summed E-state index contributed by atoms with van der Waals surface area (Å²) in [6, 6.07) is 2.47. The Morgan fingerprint density at radius 2 is 2.25 bits per heavy atom. The lowest BCUT2D eigenvalue weighted by Gasteiger charge is -2.25. The van der Waals surface area contributed by atoms with E-state index in [0.29, 0.717) is 17.7 Å². The molecule has 1 saturated heterocycles. The molecule has 2 N–H and O–H groups in total. The van der Waals surface area contributed by atoms with Gasteiger partial charge in [-0.15, -0.1) is 0 Å². The highest BCUT2D eigenvalue weighted by Crippen LogP contribution is 2.28. The van der Waals surface area contributed by atoms with Crippen LogP contribution in [0.4, 0.5) is 0 Å². The molecule has 2 heterocycles. The van der Waals surface area contributed by atoms with E-state index in [1.807, 2.05) is 6.07 Å². The van der Waals surface area contributed by atoms with Gasteiger partial charge in [0.25, 0.3) is 0 Å². The van der Waals surface area contributed by atoms with E-state index in [1.165, 1.54) is 0 Å². The Kier molecular flexibility index (Phi) is 3.04. The van der Waals surface area contributed by atoms with Crippen molar-refractivity contribution in [2.45, 2.75) is 51.2 Å². The summed E-state index contributed by atoms with van der Waals surface area (Å²) in [6.45, 7) is 6.56. The van der Waals surface area contributed by atoms with Crippen LogP contribution in [0, 0.1) is 0 Å². The Balaban J connectivity index is 2.08. The van der Waals surface area contributed by atoms with Gasteiger partial charge in [-0.25, -0.2) is 0 Å². The van der Waals surface area contributed by atoms with Gasteiger partial charge < -0.3 is 14.9 Å². The van der Waals surface area contributed by atoms with Gasteiger partial charge in [-0.2, -0.15) is 0 Å². The summed E-state index contributed by atoms with van der Waals surface area (Å²) in [4.78, 5) is 0. The van der Waals surface area contributed by atoms with Gasteiger partial charge in [0, 0.05) is 24.6 Å². The highest BCUT2D eigenvalue weighted by molar-refractivity contribution is 5.15. The Bertz CT molecular complexity index is 346. The van der Waals surface area contributed by atoms with Crippen LogP contribution in [0.3, 0.4) is 0 Å². The Morgan fingerprint density at radius 1 is 1.50 bits per heavy atom. The van der Waals surface area contributed by atoms with Crippen LogP contribution >= 0.6 is 0 Å². The van der Waals surface area contributed by atoms with Crippen molar-refractivity contribution < 1.29 is 9.63 Å². The van der Waals surface area contributed by atoms with Crippen molar-refractivity contribution in [3.05, 3.63) is 17.5 Å². The summed E-state index contributed by atoms with van der Waals surface area (Å²) in [5, 5.41) is 17.2. The van der Waals surface area contributed by atoms with E-state index in [4.69, 9.17) is 4.52 Å². The fourth-order valence-electron chi connectivity index (χ4n) is 2.01. The highest BCUT2D eigenvalue weighted by Gasteiger charge is 2.26. The van der Waals surface area contributed by atoms with Crippen molar-refractivity contribution in [1.29, 1.82) is 0 Å². The second kappa shape index (κ2) is 4.18. The molecule has 4 heteroatoms. The van der Waals surface area contributed by atoms with Gasteiger partial charge in [-0.05, 0) is 33.6 Å². The first kappa shape index (κ1) is 11.6. The van der Waals surface area contributed by atoms with Crippen LogP contribution in [0.1, 0.15) is 51.0 Å². The summed E-state index contributed by atoms with van der Waals surface area (Å²) in [7, 11) is 0. The molecule has 90 valence electrons. The molecule has 4 nitrogen and oxygen atoms in total. The van der Waals surface area contributed by atoms with Crippen molar-refractivity contribution in [3.8, 4) is 0 Å². The SMILES string of the molecule is C[C@@H]1CC[C@@H](c2cc(C(C)(C)O)no2)CN1. The number of nitrogens with zero attached hydrogens (tertiary/aromatic N) is 1. The molecule has 2 rings (SSSR count). The Labute approximate surface area is 96.0 Å². The third-order valence-corrected chi connectivity index (χ3v) is 3.22. The first-order valence-electron chi connectivity index (χ1n) is 5.89. The van der Waals surface area contributed by atoms with Crippen LogP contribution in [0.2, 0.25) is 0 Å². The molecule has 1 aliphatic heterocycles. The summed E-state index contributed by atoms with van der Waals surface area (Å²) in [5.41, 5.74) is -0.307. The summed E-state index contributed by atoms with van der Waals surface area (Å²) in [6.07, 6.45) is 2.28. The summed E-state index contributed by atoms with van der Waals surface area (Å²) >= 11 is 0. The molecule has 0 aromatic carbocycles. The minimum atomic E-state index is -0.920. The Hall–Kier alpha value is -0.870. The van der Waals surface area contributed by atoms with E-state index in [0.717, 1.165) is 25.1 Å². The predicted molar refractivity (Wildman–Crippen MR) is 61.2 cm³/mol. The predicted octanol–water partition coefficient (Wildman–Crippen LogP) is 1.76. The molecule has 1 aromatic heterocycles. The fourth-order valence-corrected chi connectivity index (χ4v) is 2.01. The zero-order valence-electron chi connectivity index (χ0n) is 10.2. The molecule has 0 spiro atoms. The van der Waals surface area contributed by atoms with E-state index in [-0.39, 0.29) is 0 Å². The fraction of sp³-hybridized carbons (Fsp3) is 0.750. The number of aliphatic hydroxyl groups is 1. The molecule has 1 aromatic rings. The molecule has 0 bridgehead atoms. The number of aromatic nitrogens is 1. The van der Waals surface area contributed by atoms with Gasteiger partial charge in [0.1, 0.15) is 17.1 Å². The lowest BCUT2D eigenvalue weighted by atomic mass is 9.92. The molecular formula is C12H20N2O2. The molecule has 0 amide bonds. The molecule has 0 radical (unpaired) electrons. The van der Waals surface area contributed by atoms with Gasteiger partial charge in [-0.3, -0.25) is 0 Å². The number of rotatable bonds is 2. The number of hydrogen-bond acceptors (Lipinski definition) is 4. The normalized spacial score (nSPS) is 27.0. The maximum atomic E-state index is 9.80. The average molecular weight is 224 g/mol. The van der Waals surface area contributed by atoms with E-state index in [1.54, 1.807) is 13.8 Å². The molecule has 0 saturated carbocycles. The highest BCUT2D eigenvalue weighted by atomic mass is 16.5. The van der Waals surface area contributed by atoms with Gasteiger partial charge in [-0.1, -0.05) is 5.16 Å². The van der Waals surface area contributed by atoms with Crippen molar-refractivity contribution in [3.63, 3.8) is 0 Å². The lowest BCUT2D eigenvalue weighted by Crippen LogP contribution is -2.35. The van der Waals surface area contributed by atoms with Gasteiger partial charge in [0.05, 0.1) is 0 Å². The second-order valence-corrected chi connectivity index (χ2v) is 5.26. The molecule has 1 fully saturated rings. The molecular weight excluding hydrogens is 204 g/mol. The molecule has 16 heavy (non-hydrogen) atoms. The maximum Gasteiger partial charge on any atom is 0.141 e. The molecule has 0 aliphatic carbocycles. The zero-order chi connectivity index (χ0) is 11.8. The molecule has 2 atom stereocenters. The zero-order valence-corrected chi connectivity index (χ0v) is 10.2. The van der Waals surface area contributed by atoms with Crippen LogP contribution in [0.5, 0.6) is 0 Å². The second-order valence-electron chi connectivity index (χ2n) is 5.26. The summed E-state index contributed by atoms with van der Waals surface area (Å²) in [5.74, 6) is 1.27. The number of piperidine rings is 1. The van der Waals surface area contributed by atoms with Gasteiger partial charge in [0.2, 0.25) is 0 Å². The lowest BCUT2D eigenvalue weighted by molar-refractivity contribution is 0.0699. The van der Waals surface area contributed by atoms with Crippen LogP contribution in [0.25, 0.3) is 0 Å². The minimum Gasteiger partial charge on any atom is -0.384 e. The van der Waals surface area contributed by atoms with Gasteiger partial charge >= 0.3 is 0 Å². The van der Waals surface area contributed by atoms with Crippen LogP contribution in [-0.2, 0) is 5.60 Å². The monoisotopic (exact) mass is 224 g/mol. The smallest absolute Gasteiger partial charge is 0.141 e.